The van der Waals surface area contributed by atoms with E-state index in [0.29, 0.717) is 5.69 Å². The second-order valence-electron chi connectivity index (χ2n) is 4.17. The van der Waals surface area contributed by atoms with E-state index in [9.17, 15) is 0 Å². The van der Waals surface area contributed by atoms with Gasteiger partial charge in [-0.15, -0.1) is 0 Å². The maximum Gasteiger partial charge on any atom is 0.0736 e. The molecule has 0 spiro atoms. The van der Waals surface area contributed by atoms with Crippen molar-refractivity contribution in [2.24, 2.45) is 0 Å². The van der Waals surface area contributed by atoms with Gasteiger partial charge in [0.2, 0.25) is 0 Å². The van der Waals surface area contributed by atoms with Gasteiger partial charge in [-0.25, -0.2) is 0 Å². The number of nitrogens with one attached hydrogen (secondary N) is 1. The Bertz CT molecular complexity index is 561. The minimum atomic E-state index is 0.664. The molecular formula is C15H17N3. The van der Waals surface area contributed by atoms with E-state index in [0.717, 1.165) is 23.5 Å². The van der Waals surface area contributed by atoms with Gasteiger partial charge < -0.3 is 11.1 Å². The number of nitrogens with two attached hydrogens (primary N) is 1. The largest absolute Gasteiger partial charge is 0.396 e. The molecule has 1 aromatic heterocycles. The van der Waals surface area contributed by atoms with Gasteiger partial charge in [-0.2, -0.15) is 0 Å². The molecule has 0 atom stereocenters. The van der Waals surface area contributed by atoms with E-state index in [2.05, 4.69) is 22.9 Å². The first-order valence-electron chi connectivity index (χ1n) is 5.87. The smallest absolute Gasteiger partial charge is 0.0736 e. The lowest BCUT2D eigenvalue weighted by Gasteiger charge is -2.11. The summed E-state index contributed by atoms with van der Waals surface area (Å²) >= 11 is 0. The second-order valence-corrected chi connectivity index (χ2v) is 4.17. The Labute approximate surface area is 107 Å². The Morgan fingerprint density at radius 2 is 2.17 bits per heavy atom. The molecule has 0 aliphatic rings. The number of nitrogen functional groups attached to an aromatic ring is 1. The summed E-state index contributed by atoms with van der Waals surface area (Å²) in [6.45, 7) is 6.48. The van der Waals surface area contributed by atoms with Gasteiger partial charge in [0, 0.05) is 12.2 Å². The van der Waals surface area contributed by atoms with Gasteiger partial charge in [0.25, 0.3) is 0 Å². The van der Waals surface area contributed by atoms with E-state index < -0.39 is 0 Å². The number of anilines is 2. The third-order valence-electron chi connectivity index (χ3n) is 2.82. The molecule has 3 nitrogen and oxygen atoms in total. The average molecular weight is 239 g/mol. The van der Waals surface area contributed by atoms with Crippen LogP contribution in [0.3, 0.4) is 0 Å². The minimum absolute atomic E-state index is 0.664. The first-order valence-corrected chi connectivity index (χ1v) is 5.87. The maximum absolute atomic E-state index is 5.88. The van der Waals surface area contributed by atoms with Gasteiger partial charge in [0.15, 0.2) is 0 Å². The van der Waals surface area contributed by atoms with Crippen molar-refractivity contribution in [1.29, 1.82) is 0 Å². The van der Waals surface area contributed by atoms with Crippen LogP contribution in [0.5, 0.6) is 0 Å². The molecule has 2 rings (SSSR count). The monoisotopic (exact) mass is 239 g/mol. The lowest BCUT2D eigenvalue weighted by Crippen LogP contribution is -2.04. The molecule has 0 unspecified atom stereocenters. The summed E-state index contributed by atoms with van der Waals surface area (Å²) in [5.41, 5.74) is 10.7. The Hall–Kier alpha value is -2.29. The summed E-state index contributed by atoms with van der Waals surface area (Å²) < 4.78 is 0. The maximum atomic E-state index is 5.88. The van der Waals surface area contributed by atoms with Gasteiger partial charge in [-0.1, -0.05) is 36.9 Å². The Balaban J connectivity index is 2.16. The third kappa shape index (κ3) is 2.69. The van der Waals surface area contributed by atoms with Gasteiger partial charge in [0.05, 0.1) is 17.6 Å². The molecule has 2 aromatic rings. The van der Waals surface area contributed by atoms with E-state index >= 15 is 0 Å². The quantitative estimate of drug-likeness (QED) is 0.861. The van der Waals surface area contributed by atoms with Crippen molar-refractivity contribution in [3.8, 4) is 0 Å². The lowest BCUT2D eigenvalue weighted by atomic mass is 10.1. The number of hydrogen-bond acceptors (Lipinski definition) is 3. The number of benzene rings is 1. The molecular weight excluding hydrogens is 222 g/mol. The number of hydrogen-bond donors (Lipinski definition) is 2. The molecule has 3 heteroatoms. The van der Waals surface area contributed by atoms with Crippen LogP contribution in [0.1, 0.15) is 16.8 Å². The molecule has 0 fully saturated rings. The highest BCUT2D eigenvalue weighted by molar-refractivity contribution is 5.65. The molecule has 0 bridgehead atoms. The summed E-state index contributed by atoms with van der Waals surface area (Å²) in [4.78, 5) is 4.15. The van der Waals surface area contributed by atoms with Gasteiger partial charge in [0.1, 0.15) is 0 Å². The number of pyridine rings is 1. The van der Waals surface area contributed by atoms with E-state index in [1.165, 1.54) is 5.56 Å². The van der Waals surface area contributed by atoms with Crippen molar-refractivity contribution >= 4 is 17.5 Å². The van der Waals surface area contributed by atoms with Crippen LogP contribution in [0, 0.1) is 6.92 Å². The van der Waals surface area contributed by atoms with Crippen LogP contribution in [0.25, 0.3) is 6.08 Å². The van der Waals surface area contributed by atoms with E-state index in [1.807, 2.05) is 37.3 Å². The lowest BCUT2D eigenvalue weighted by molar-refractivity contribution is 1.12. The molecule has 0 aliphatic heterocycles. The van der Waals surface area contributed by atoms with E-state index in [4.69, 9.17) is 5.73 Å². The zero-order valence-corrected chi connectivity index (χ0v) is 10.5. The van der Waals surface area contributed by atoms with Crippen LogP contribution in [0.4, 0.5) is 11.4 Å². The molecule has 0 radical (unpaired) electrons. The number of aromatic nitrogens is 1. The first-order chi connectivity index (χ1) is 8.70. The summed E-state index contributed by atoms with van der Waals surface area (Å²) in [5, 5.41) is 3.33. The van der Waals surface area contributed by atoms with Crippen LogP contribution < -0.4 is 11.1 Å². The summed E-state index contributed by atoms with van der Waals surface area (Å²) in [5.74, 6) is 0. The summed E-state index contributed by atoms with van der Waals surface area (Å²) in [6.07, 6.45) is 3.54. The number of rotatable bonds is 4. The van der Waals surface area contributed by atoms with Crippen molar-refractivity contribution in [3.63, 3.8) is 0 Å². The van der Waals surface area contributed by atoms with Crippen molar-refractivity contribution < 1.29 is 0 Å². The highest BCUT2D eigenvalue weighted by Gasteiger charge is 2.02. The standard InChI is InChI=1S/C15H17N3/c1-3-12-6-4-5-7-13(12)9-18-15-8-11(2)17-10-14(15)16/h3-8,10H,1,9,16H2,2H3,(H,17,18). The Kier molecular flexibility index (Phi) is 3.63. The Morgan fingerprint density at radius 3 is 2.94 bits per heavy atom. The highest BCUT2D eigenvalue weighted by atomic mass is 14.9. The van der Waals surface area contributed by atoms with Gasteiger partial charge in [-0.3, -0.25) is 4.98 Å². The van der Waals surface area contributed by atoms with Gasteiger partial charge >= 0.3 is 0 Å². The van der Waals surface area contributed by atoms with Crippen molar-refractivity contribution in [2.45, 2.75) is 13.5 Å². The molecule has 0 aliphatic carbocycles. The summed E-state index contributed by atoms with van der Waals surface area (Å²) in [7, 11) is 0. The third-order valence-corrected chi connectivity index (χ3v) is 2.82. The number of nitrogens with zero attached hydrogens (tertiary/aromatic N) is 1. The normalized spacial score (nSPS) is 10.1. The van der Waals surface area contributed by atoms with Crippen molar-refractivity contribution in [1.82, 2.24) is 4.98 Å². The molecule has 0 saturated heterocycles. The van der Waals surface area contributed by atoms with Crippen LogP contribution >= 0.6 is 0 Å². The first kappa shape index (κ1) is 12.2. The van der Waals surface area contributed by atoms with Crippen LogP contribution in [0.2, 0.25) is 0 Å². The fourth-order valence-electron chi connectivity index (χ4n) is 1.81. The molecule has 0 amide bonds. The van der Waals surface area contributed by atoms with Crippen molar-refractivity contribution in [2.75, 3.05) is 11.1 Å². The molecule has 3 N–H and O–H groups in total. The topological polar surface area (TPSA) is 50.9 Å². The van der Waals surface area contributed by atoms with Crippen LogP contribution in [-0.4, -0.2) is 4.98 Å². The van der Waals surface area contributed by atoms with Gasteiger partial charge in [-0.05, 0) is 24.1 Å². The SMILES string of the molecule is C=Cc1ccccc1CNc1cc(C)ncc1N. The average Bonchev–Trinajstić information content (AvgIpc) is 2.40. The molecule has 0 saturated carbocycles. The second kappa shape index (κ2) is 5.36. The Morgan fingerprint density at radius 1 is 1.39 bits per heavy atom. The fraction of sp³-hybridized carbons (Fsp3) is 0.133. The summed E-state index contributed by atoms with van der Waals surface area (Å²) in [6, 6.07) is 10.1. The molecule has 1 heterocycles. The zero-order chi connectivity index (χ0) is 13.0. The van der Waals surface area contributed by atoms with Crippen molar-refractivity contribution in [3.05, 3.63) is 59.9 Å². The fourth-order valence-corrected chi connectivity index (χ4v) is 1.81. The van der Waals surface area contributed by atoms with E-state index in [-0.39, 0.29) is 0 Å². The van der Waals surface area contributed by atoms with E-state index in [1.54, 1.807) is 6.20 Å². The van der Waals surface area contributed by atoms with Crippen LogP contribution in [-0.2, 0) is 6.54 Å². The molecule has 92 valence electrons. The number of aryl methyl sites for hydroxylation is 1. The highest BCUT2D eigenvalue weighted by Crippen LogP contribution is 2.19. The zero-order valence-electron chi connectivity index (χ0n) is 10.5. The minimum Gasteiger partial charge on any atom is -0.396 e. The molecule has 1 aromatic carbocycles. The predicted molar refractivity (Wildman–Crippen MR) is 77.2 cm³/mol. The van der Waals surface area contributed by atoms with Crippen LogP contribution in [0.15, 0.2) is 43.1 Å². The predicted octanol–water partition coefficient (Wildman–Crippen LogP) is 3.23. The molecule has 18 heavy (non-hydrogen) atoms.